The van der Waals surface area contributed by atoms with Crippen LogP contribution in [0.2, 0.25) is 0 Å². The van der Waals surface area contributed by atoms with Crippen LogP contribution in [0.5, 0.6) is 0 Å². The number of Topliss-reactive ketones (excluding diaryl/α,β-unsaturated/α-hetero) is 1. The number of hydrogen-bond donors (Lipinski definition) is 7. The van der Waals surface area contributed by atoms with E-state index in [1.165, 1.54) is 40.2 Å². The van der Waals surface area contributed by atoms with Crippen LogP contribution >= 0.6 is 23.5 Å². The minimum Gasteiger partial charge on any atom is -0.391 e. The molecule has 74 heavy (non-hydrogen) atoms. The van der Waals surface area contributed by atoms with Crippen LogP contribution in [0.25, 0.3) is 0 Å². The van der Waals surface area contributed by atoms with Crippen LogP contribution in [-0.4, -0.2) is 141 Å². The minimum absolute atomic E-state index is 0.00473. The second-order valence-electron chi connectivity index (χ2n) is 20.4. The Labute approximate surface area is 444 Å². The van der Waals surface area contributed by atoms with Gasteiger partial charge in [-0.15, -0.1) is 0 Å². The zero-order valence-corrected chi connectivity index (χ0v) is 45.5. The molecule has 5 rings (SSSR count). The summed E-state index contributed by atoms with van der Waals surface area (Å²) in [7, 11) is 0. The second-order valence-corrected chi connectivity index (χ2v) is 22.4. The molecule has 3 aliphatic rings. The first-order valence-corrected chi connectivity index (χ1v) is 28.5. The van der Waals surface area contributed by atoms with Gasteiger partial charge in [0.15, 0.2) is 5.78 Å². The number of aliphatic hydroxyl groups excluding tert-OH is 1. The Hall–Kier alpha value is -5.47. The normalized spacial score (nSPS) is 24.7. The average Bonchev–Trinajstić information content (AvgIpc) is 4.07. The maximum atomic E-state index is 14.6. The molecule has 2 bridgehead atoms. The van der Waals surface area contributed by atoms with E-state index in [-0.39, 0.29) is 80.2 Å². The Kier molecular flexibility index (Phi) is 23.3. The Morgan fingerprint density at radius 2 is 1.34 bits per heavy atom. The lowest BCUT2D eigenvalue weighted by molar-refractivity contribution is -0.148. The van der Waals surface area contributed by atoms with E-state index in [1.807, 2.05) is 6.92 Å². The van der Waals surface area contributed by atoms with Crippen molar-refractivity contribution in [3.05, 3.63) is 70.8 Å². The van der Waals surface area contributed by atoms with Crippen LogP contribution in [0.15, 0.2) is 48.5 Å². The highest BCUT2D eigenvalue weighted by Crippen LogP contribution is 2.29. The summed E-state index contributed by atoms with van der Waals surface area (Å²) in [5.41, 5.74) is 9.28. The number of nitrogens with one attached hydrogen (secondary N) is 5. The number of carbonyl (C=O) groups excluding carboxylic acids is 9. The Morgan fingerprint density at radius 1 is 0.730 bits per heavy atom. The van der Waals surface area contributed by atoms with Gasteiger partial charge in [0.2, 0.25) is 47.3 Å². The lowest BCUT2D eigenvalue weighted by Crippen LogP contribution is -2.61. The highest BCUT2D eigenvalue weighted by molar-refractivity contribution is 7.98. The Morgan fingerprint density at radius 3 is 1.95 bits per heavy atom. The summed E-state index contributed by atoms with van der Waals surface area (Å²) >= 11 is 2.96. The molecule has 8 atom stereocenters. The number of primary amides is 1. The smallest absolute Gasteiger partial charge is 0.246 e. The molecule has 0 saturated carbocycles. The van der Waals surface area contributed by atoms with Crippen LogP contribution in [0.3, 0.4) is 0 Å². The number of hydrogen-bond acceptors (Lipinski definition) is 12. The maximum Gasteiger partial charge on any atom is 0.246 e. The third-order valence-electron chi connectivity index (χ3n) is 13.7. The van der Waals surface area contributed by atoms with E-state index < -0.39 is 89.8 Å². The average molecular weight is 1060 g/mol. The lowest BCUT2D eigenvalue weighted by atomic mass is 9.99. The van der Waals surface area contributed by atoms with Crippen molar-refractivity contribution in [2.45, 2.75) is 178 Å². The molecule has 0 aliphatic carbocycles. The number of thioether (sulfide) groups is 2. The number of nitrogens with two attached hydrogens (primary N) is 1. The molecule has 8 amide bonds. The number of fused-ring (bicyclic) bond motifs is 4. The van der Waals surface area contributed by atoms with E-state index in [1.54, 1.807) is 44.2 Å². The number of ketones is 1. The topological polar surface area (TPSA) is 267 Å². The molecule has 0 radical (unpaired) electrons. The van der Waals surface area contributed by atoms with Crippen LogP contribution < -0.4 is 32.3 Å². The molecular weight excluding hydrogens is 985 g/mol. The Bertz CT molecular complexity index is 2300. The van der Waals surface area contributed by atoms with Crippen LogP contribution in [0, 0.1) is 5.92 Å². The van der Waals surface area contributed by atoms with E-state index >= 15 is 0 Å². The molecule has 3 heterocycles. The molecule has 0 aromatic heterocycles. The van der Waals surface area contributed by atoms with Crippen molar-refractivity contribution in [1.82, 2.24) is 36.4 Å². The molecule has 406 valence electrons. The number of rotatable bonds is 14. The number of carbonyl (C=O) groups is 9. The van der Waals surface area contributed by atoms with Crippen molar-refractivity contribution < 1.29 is 48.3 Å². The summed E-state index contributed by atoms with van der Waals surface area (Å²) in [6, 6.07) is 6.99. The SMILES string of the molecule is CCCCCC(=O)N[C@H]1CSCc2cc(cc(C(C)C)c2)CSC[C@@H](C(=O)C(C)C)NC(=O)[C@H](Cc2ccccc2)NC(=O)[C@H](CCC(N)=O)NC(=O)[C@H]([C@@H](C)O)NC(=O)[C@@H]2CCCN2C(=O)[C@@H]2CCCN2C1=O. The van der Waals surface area contributed by atoms with Crippen LogP contribution in [0.4, 0.5) is 0 Å². The minimum atomic E-state index is -1.64. The molecule has 0 unspecified atom stereocenters. The van der Waals surface area contributed by atoms with Gasteiger partial charge in [0.1, 0.15) is 36.3 Å². The van der Waals surface area contributed by atoms with Gasteiger partial charge in [-0.3, -0.25) is 43.2 Å². The molecule has 20 heteroatoms. The first-order valence-electron chi connectivity index (χ1n) is 26.2. The van der Waals surface area contributed by atoms with E-state index in [0.29, 0.717) is 42.8 Å². The van der Waals surface area contributed by atoms with Crippen molar-refractivity contribution in [3.63, 3.8) is 0 Å². The van der Waals surface area contributed by atoms with Gasteiger partial charge in [-0.1, -0.05) is 96.0 Å². The molecule has 2 saturated heterocycles. The third-order valence-corrected chi connectivity index (χ3v) is 15.9. The van der Waals surface area contributed by atoms with Crippen molar-refractivity contribution in [2.75, 3.05) is 24.6 Å². The van der Waals surface area contributed by atoms with Gasteiger partial charge in [0.25, 0.3) is 0 Å². The quantitative estimate of drug-likeness (QED) is 0.134. The van der Waals surface area contributed by atoms with Gasteiger partial charge in [-0.05, 0) is 73.6 Å². The molecule has 0 spiro atoms. The first kappa shape index (κ1) is 59.4. The molecular formula is C54H78N8O10S2. The predicted molar refractivity (Wildman–Crippen MR) is 286 cm³/mol. The zero-order chi connectivity index (χ0) is 54.1. The third kappa shape index (κ3) is 17.3. The summed E-state index contributed by atoms with van der Waals surface area (Å²) < 4.78 is 0. The number of aliphatic hydroxyl groups is 1. The standard InChI is InChI=1S/C54H78N8O10S2/c1-7-8-10-19-46(65)56-42-31-74-29-37-24-36(25-38(26-37)32(2)3)28-73-30-41(48(66)33(4)5)59-50(68)40(27-35-15-11-9-12-16-35)58-49(67)39(20-21-45(55)64)57-52(70)47(34(6)63)60-51(69)43-17-13-22-61(43)54(72)44-18-14-23-62(44)53(42)71/h9,11-12,15-16,24-26,32-34,39-44,47,63H,7-8,10,13-14,17-23,27-31H2,1-6H3,(H2,55,64)(H,56,65)(H,57,70)(H,58,67)(H,59,68)(H,60,69)/t34-,39+,40+,41+,42+,43+,44+,47+/m1/s1. The predicted octanol–water partition coefficient (Wildman–Crippen LogP) is 3.39. The van der Waals surface area contributed by atoms with Gasteiger partial charge >= 0.3 is 0 Å². The fourth-order valence-electron chi connectivity index (χ4n) is 9.51. The summed E-state index contributed by atoms with van der Waals surface area (Å²) in [6.45, 7) is 11.5. The largest absolute Gasteiger partial charge is 0.391 e. The van der Waals surface area contributed by atoms with Crippen molar-refractivity contribution >= 4 is 76.6 Å². The van der Waals surface area contributed by atoms with E-state index in [2.05, 4.69) is 58.6 Å². The van der Waals surface area contributed by atoms with Crippen LogP contribution in [0.1, 0.15) is 134 Å². The zero-order valence-electron chi connectivity index (χ0n) is 43.8. The maximum absolute atomic E-state index is 14.6. The van der Waals surface area contributed by atoms with Crippen LogP contribution in [-0.2, 0) is 61.1 Å². The molecule has 18 nitrogen and oxygen atoms in total. The van der Waals surface area contributed by atoms with Crippen molar-refractivity contribution in [2.24, 2.45) is 11.7 Å². The molecule has 2 aromatic rings. The van der Waals surface area contributed by atoms with Gasteiger partial charge in [-0.25, -0.2) is 0 Å². The molecule has 3 aliphatic heterocycles. The van der Waals surface area contributed by atoms with Crippen molar-refractivity contribution in [1.29, 1.82) is 0 Å². The number of amides is 8. The monoisotopic (exact) mass is 1060 g/mol. The van der Waals surface area contributed by atoms with Gasteiger partial charge < -0.3 is 47.2 Å². The molecule has 8 N–H and O–H groups in total. The van der Waals surface area contributed by atoms with E-state index in [9.17, 15) is 48.3 Å². The van der Waals surface area contributed by atoms with Gasteiger partial charge in [-0.2, -0.15) is 23.5 Å². The second kappa shape index (κ2) is 29.0. The number of benzene rings is 2. The van der Waals surface area contributed by atoms with E-state index in [0.717, 1.165) is 29.5 Å². The van der Waals surface area contributed by atoms with Gasteiger partial charge in [0, 0.05) is 61.3 Å². The fourth-order valence-corrected chi connectivity index (χ4v) is 11.5. The van der Waals surface area contributed by atoms with E-state index in [4.69, 9.17) is 5.73 Å². The summed E-state index contributed by atoms with van der Waals surface area (Å²) in [5.74, 6) is -4.14. The van der Waals surface area contributed by atoms with Gasteiger partial charge in [0.05, 0.1) is 12.1 Å². The number of unbranched alkanes of at least 4 members (excludes halogenated alkanes) is 2. The van der Waals surface area contributed by atoms with Crippen molar-refractivity contribution in [3.8, 4) is 0 Å². The highest BCUT2D eigenvalue weighted by Gasteiger charge is 2.45. The number of nitrogens with zero attached hydrogens (tertiary/aromatic N) is 2. The lowest BCUT2D eigenvalue weighted by Gasteiger charge is -2.33. The summed E-state index contributed by atoms with van der Waals surface area (Å²) in [4.78, 5) is 128. The first-order chi connectivity index (χ1) is 35.3. The summed E-state index contributed by atoms with van der Waals surface area (Å²) in [5, 5.41) is 24.7. The Balaban J connectivity index is 1.53. The highest BCUT2D eigenvalue weighted by atomic mass is 32.2. The fraction of sp³-hybridized carbons (Fsp3) is 0.611. The molecule has 2 aromatic carbocycles. The summed E-state index contributed by atoms with van der Waals surface area (Å²) in [6.07, 6.45) is 2.07. The molecule has 2 fully saturated rings.